The smallest absolute Gasteiger partial charge is 0.272 e. The fourth-order valence-corrected chi connectivity index (χ4v) is 4.75. The molecular formula is C22H29N5O5S. The molecule has 0 aliphatic heterocycles. The second kappa shape index (κ2) is 10.5. The molecule has 1 aromatic heterocycles. The van der Waals surface area contributed by atoms with Gasteiger partial charge in [0.2, 0.25) is 5.91 Å². The number of benzene rings is 1. The number of carbonyl (C=O) groups excluding carboxylic acids is 3. The van der Waals surface area contributed by atoms with Crippen LogP contribution in [0.3, 0.4) is 0 Å². The van der Waals surface area contributed by atoms with Crippen LogP contribution in [0, 0.1) is 0 Å². The van der Waals surface area contributed by atoms with Gasteiger partial charge in [-0.25, -0.2) is 0 Å². The van der Waals surface area contributed by atoms with Crippen molar-refractivity contribution < 1.29 is 23.9 Å². The molecule has 1 aromatic carbocycles. The van der Waals surface area contributed by atoms with Gasteiger partial charge in [-0.15, -0.1) is 0 Å². The number of aromatic nitrogens is 1. The number of hydrogen-bond donors (Lipinski definition) is 3. The molecule has 2 aromatic rings. The van der Waals surface area contributed by atoms with Gasteiger partial charge in [-0.05, 0) is 42.9 Å². The molecule has 3 rings (SSSR count). The van der Waals surface area contributed by atoms with Gasteiger partial charge in [0.05, 0.1) is 19.9 Å². The lowest BCUT2D eigenvalue weighted by atomic mass is 10.1. The van der Waals surface area contributed by atoms with Crippen molar-refractivity contribution in [3.05, 3.63) is 28.8 Å². The standard InChI is InChI=1S/C22H29N5O5S/c1-4-14(21(29)25-12-7-5-6-8-12)27(13-9-10-15(31-2)16(11-13)32-3)22(30)19-17(23)18(20(24)28)26-33-19/h9-12,14H,4-8,23H2,1-3H3,(H2,24,28)(H,25,29)/t14-/m1/s1. The third-order valence-electron chi connectivity index (χ3n) is 5.72. The van der Waals surface area contributed by atoms with Crippen LogP contribution in [0.1, 0.15) is 59.2 Å². The van der Waals surface area contributed by atoms with Crippen molar-refractivity contribution in [1.82, 2.24) is 9.69 Å². The number of nitrogen functional groups attached to an aromatic ring is 1. The molecule has 1 saturated carbocycles. The minimum atomic E-state index is -0.827. The van der Waals surface area contributed by atoms with E-state index in [4.69, 9.17) is 20.9 Å². The Bertz CT molecular complexity index is 1030. The summed E-state index contributed by atoms with van der Waals surface area (Å²) in [5.41, 5.74) is 11.5. The Labute approximate surface area is 196 Å². The molecule has 10 nitrogen and oxygen atoms in total. The van der Waals surface area contributed by atoms with Crippen LogP contribution in [0.2, 0.25) is 0 Å². The lowest BCUT2D eigenvalue weighted by Gasteiger charge is -2.31. The predicted octanol–water partition coefficient (Wildman–Crippen LogP) is 2.33. The minimum Gasteiger partial charge on any atom is -0.493 e. The van der Waals surface area contributed by atoms with Gasteiger partial charge in [0, 0.05) is 17.8 Å². The van der Waals surface area contributed by atoms with Crippen molar-refractivity contribution in [3.8, 4) is 11.5 Å². The van der Waals surface area contributed by atoms with Crippen LogP contribution in [0.4, 0.5) is 11.4 Å². The van der Waals surface area contributed by atoms with E-state index in [1.807, 2.05) is 6.92 Å². The van der Waals surface area contributed by atoms with E-state index < -0.39 is 17.9 Å². The number of nitrogens with zero attached hydrogens (tertiary/aromatic N) is 2. The molecule has 1 aliphatic rings. The SMILES string of the molecule is CC[C@H](C(=O)NC1CCCC1)N(C(=O)c1snc(C(N)=O)c1N)c1ccc(OC)c(OC)c1. The van der Waals surface area contributed by atoms with E-state index in [0.29, 0.717) is 23.6 Å². The maximum atomic E-state index is 13.7. The Morgan fingerprint density at radius 2 is 1.88 bits per heavy atom. The number of methoxy groups -OCH3 is 2. The number of nitrogens with two attached hydrogens (primary N) is 2. The first kappa shape index (κ1) is 24.3. The number of rotatable bonds is 9. The van der Waals surface area contributed by atoms with Gasteiger partial charge in [0.1, 0.15) is 10.9 Å². The van der Waals surface area contributed by atoms with Gasteiger partial charge in [-0.1, -0.05) is 19.8 Å². The third kappa shape index (κ3) is 5.03. The Kier molecular flexibility index (Phi) is 7.75. The molecule has 0 saturated heterocycles. The van der Waals surface area contributed by atoms with E-state index in [0.717, 1.165) is 37.2 Å². The number of primary amides is 1. The van der Waals surface area contributed by atoms with Crippen molar-refractivity contribution in [2.75, 3.05) is 24.9 Å². The molecule has 0 unspecified atom stereocenters. The van der Waals surface area contributed by atoms with Crippen molar-refractivity contribution in [3.63, 3.8) is 0 Å². The Hall–Kier alpha value is -3.34. The first-order valence-corrected chi connectivity index (χ1v) is 11.5. The molecule has 5 N–H and O–H groups in total. The second-order valence-electron chi connectivity index (χ2n) is 7.77. The number of anilines is 2. The van der Waals surface area contributed by atoms with E-state index in [1.165, 1.54) is 19.1 Å². The summed E-state index contributed by atoms with van der Waals surface area (Å²) in [5, 5.41) is 3.07. The zero-order valence-electron chi connectivity index (χ0n) is 18.9. The van der Waals surface area contributed by atoms with Gasteiger partial charge in [-0.3, -0.25) is 19.3 Å². The zero-order chi connectivity index (χ0) is 24.1. The summed E-state index contributed by atoms with van der Waals surface area (Å²) < 4.78 is 14.6. The summed E-state index contributed by atoms with van der Waals surface area (Å²) >= 11 is 0.771. The van der Waals surface area contributed by atoms with Crippen LogP contribution in [-0.2, 0) is 4.79 Å². The van der Waals surface area contributed by atoms with Crippen LogP contribution in [0.15, 0.2) is 18.2 Å². The highest BCUT2D eigenvalue weighted by Gasteiger charge is 2.35. The van der Waals surface area contributed by atoms with Crippen molar-refractivity contribution in [1.29, 1.82) is 0 Å². The summed E-state index contributed by atoms with van der Waals surface area (Å²) in [6.45, 7) is 1.82. The van der Waals surface area contributed by atoms with Crippen molar-refractivity contribution >= 4 is 40.6 Å². The molecule has 0 spiro atoms. The number of ether oxygens (including phenoxy) is 2. The Balaban J connectivity index is 2.06. The van der Waals surface area contributed by atoms with Gasteiger partial charge < -0.3 is 26.3 Å². The minimum absolute atomic E-state index is 0.0331. The van der Waals surface area contributed by atoms with Crippen LogP contribution < -0.4 is 31.2 Å². The van der Waals surface area contributed by atoms with Crippen LogP contribution in [0.25, 0.3) is 0 Å². The Morgan fingerprint density at radius 1 is 1.21 bits per heavy atom. The highest BCUT2D eigenvalue weighted by atomic mass is 32.1. The summed E-state index contributed by atoms with van der Waals surface area (Å²) in [5.74, 6) is -0.769. The summed E-state index contributed by atoms with van der Waals surface area (Å²) in [6, 6.07) is 4.20. The molecular weight excluding hydrogens is 446 g/mol. The van der Waals surface area contributed by atoms with Gasteiger partial charge >= 0.3 is 0 Å². The third-order valence-corrected chi connectivity index (χ3v) is 6.57. The molecule has 1 fully saturated rings. The zero-order valence-corrected chi connectivity index (χ0v) is 19.7. The predicted molar refractivity (Wildman–Crippen MR) is 126 cm³/mol. The van der Waals surface area contributed by atoms with E-state index >= 15 is 0 Å². The molecule has 11 heteroatoms. The number of carbonyl (C=O) groups is 3. The first-order chi connectivity index (χ1) is 15.8. The monoisotopic (exact) mass is 475 g/mol. The Morgan fingerprint density at radius 3 is 2.42 bits per heavy atom. The maximum Gasteiger partial charge on any atom is 0.272 e. The number of amides is 3. The van der Waals surface area contributed by atoms with Crippen molar-refractivity contribution in [2.24, 2.45) is 5.73 Å². The lowest BCUT2D eigenvalue weighted by molar-refractivity contribution is -0.123. The molecule has 1 heterocycles. The van der Waals surface area contributed by atoms with Gasteiger partial charge in [-0.2, -0.15) is 4.37 Å². The van der Waals surface area contributed by atoms with Gasteiger partial charge in [0.15, 0.2) is 17.2 Å². The fraction of sp³-hybridized carbons (Fsp3) is 0.455. The van der Waals surface area contributed by atoms with Crippen LogP contribution in [0.5, 0.6) is 11.5 Å². The summed E-state index contributed by atoms with van der Waals surface area (Å²) in [6.07, 6.45) is 4.30. The highest BCUT2D eigenvalue weighted by molar-refractivity contribution is 7.09. The number of hydrogen-bond acceptors (Lipinski definition) is 8. The average Bonchev–Trinajstić information content (AvgIpc) is 3.45. The lowest BCUT2D eigenvalue weighted by Crippen LogP contribution is -2.51. The van der Waals surface area contributed by atoms with E-state index in [9.17, 15) is 14.4 Å². The molecule has 178 valence electrons. The van der Waals surface area contributed by atoms with Crippen LogP contribution >= 0.6 is 11.5 Å². The van der Waals surface area contributed by atoms with Crippen LogP contribution in [-0.4, -0.2) is 48.4 Å². The van der Waals surface area contributed by atoms with E-state index in [1.54, 1.807) is 18.2 Å². The molecule has 1 aliphatic carbocycles. The summed E-state index contributed by atoms with van der Waals surface area (Å²) in [4.78, 5) is 40.0. The second-order valence-corrected chi connectivity index (χ2v) is 8.54. The molecule has 33 heavy (non-hydrogen) atoms. The highest BCUT2D eigenvalue weighted by Crippen LogP contribution is 2.35. The molecule has 3 amide bonds. The summed E-state index contributed by atoms with van der Waals surface area (Å²) in [7, 11) is 2.99. The van der Waals surface area contributed by atoms with Gasteiger partial charge in [0.25, 0.3) is 11.8 Å². The molecule has 1 atom stereocenters. The quantitative estimate of drug-likeness (QED) is 0.504. The average molecular weight is 476 g/mol. The molecule has 0 bridgehead atoms. The normalized spacial score (nSPS) is 14.5. The van der Waals surface area contributed by atoms with Crippen molar-refractivity contribution in [2.45, 2.75) is 51.1 Å². The molecule has 0 radical (unpaired) electrons. The topological polar surface area (TPSA) is 150 Å². The maximum absolute atomic E-state index is 13.7. The van der Waals surface area contributed by atoms with E-state index in [-0.39, 0.29) is 28.2 Å². The first-order valence-electron chi connectivity index (χ1n) is 10.7. The van der Waals surface area contributed by atoms with E-state index in [2.05, 4.69) is 9.69 Å². The number of nitrogens with one attached hydrogen (secondary N) is 1. The fourth-order valence-electron chi connectivity index (χ4n) is 4.00. The largest absolute Gasteiger partial charge is 0.493 e.